The lowest BCUT2D eigenvalue weighted by molar-refractivity contribution is -0.139. The summed E-state index contributed by atoms with van der Waals surface area (Å²) in [6.07, 6.45) is 3.27. The van der Waals surface area contributed by atoms with Crippen LogP contribution in [0.5, 0.6) is 5.75 Å². The molecule has 1 aliphatic heterocycles. The zero-order valence-corrected chi connectivity index (χ0v) is 17.4. The van der Waals surface area contributed by atoms with Crippen molar-refractivity contribution in [3.8, 4) is 5.75 Å². The van der Waals surface area contributed by atoms with E-state index in [4.69, 9.17) is 9.47 Å². The lowest BCUT2D eigenvalue weighted by Gasteiger charge is -2.10. The number of halogens is 1. The molecule has 0 radical (unpaired) electrons. The van der Waals surface area contributed by atoms with Crippen LogP contribution in [-0.2, 0) is 20.9 Å². The van der Waals surface area contributed by atoms with Gasteiger partial charge in [-0.3, -0.25) is 9.59 Å². The predicted molar refractivity (Wildman–Crippen MR) is 113 cm³/mol. The molecule has 0 spiro atoms. The van der Waals surface area contributed by atoms with Crippen molar-refractivity contribution in [3.63, 3.8) is 0 Å². The molecular weight excluding hydrogens is 438 g/mol. The van der Waals surface area contributed by atoms with Crippen LogP contribution in [0.3, 0.4) is 0 Å². The number of benzene rings is 2. The summed E-state index contributed by atoms with van der Waals surface area (Å²) in [5, 5.41) is 6.43. The Balaban J connectivity index is 1.53. The molecule has 1 atom stereocenters. The highest BCUT2D eigenvalue weighted by molar-refractivity contribution is 9.10. The van der Waals surface area contributed by atoms with Gasteiger partial charge in [-0.25, -0.2) is 5.43 Å². The van der Waals surface area contributed by atoms with Crippen LogP contribution in [0.1, 0.15) is 24.0 Å². The summed E-state index contributed by atoms with van der Waals surface area (Å²) in [7, 11) is 0. The SMILES string of the molecule is O=C(NC[C@@H]1CCCO1)C(=O)N/N=C\c1cc(Br)ccc1OCc1ccccc1. The molecule has 8 heteroatoms. The second-order valence-electron chi connectivity index (χ2n) is 6.50. The van der Waals surface area contributed by atoms with Crippen molar-refractivity contribution in [1.29, 1.82) is 0 Å². The highest BCUT2D eigenvalue weighted by Crippen LogP contribution is 2.22. The van der Waals surface area contributed by atoms with Crippen molar-refractivity contribution in [1.82, 2.24) is 10.7 Å². The molecular formula is C21H22BrN3O4. The molecule has 3 rings (SSSR count). The lowest BCUT2D eigenvalue weighted by Crippen LogP contribution is -2.41. The molecule has 0 aromatic heterocycles. The smallest absolute Gasteiger partial charge is 0.329 e. The number of hydrogen-bond acceptors (Lipinski definition) is 5. The van der Waals surface area contributed by atoms with Crippen LogP contribution in [-0.4, -0.2) is 37.3 Å². The van der Waals surface area contributed by atoms with Crippen LogP contribution in [0.15, 0.2) is 58.1 Å². The van der Waals surface area contributed by atoms with Crippen LogP contribution < -0.4 is 15.5 Å². The van der Waals surface area contributed by atoms with Gasteiger partial charge in [0.15, 0.2) is 0 Å². The fourth-order valence-corrected chi connectivity index (χ4v) is 3.17. The molecule has 0 saturated carbocycles. The quantitative estimate of drug-likeness (QED) is 0.378. The summed E-state index contributed by atoms with van der Waals surface area (Å²) in [5.41, 5.74) is 3.93. The van der Waals surface area contributed by atoms with E-state index in [9.17, 15) is 9.59 Å². The normalized spacial score (nSPS) is 16.0. The second kappa shape index (κ2) is 10.7. The van der Waals surface area contributed by atoms with Gasteiger partial charge in [0.05, 0.1) is 12.3 Å². The Morgan fingerprint density at radius 1 is 1.21 bits per heavy atom. The van der Waals surface area contributed by atoms with Gasteiger partial charge in [0, 0.05) is 23.2 Å². The number of carbonyl (C=O) groups excluding carboxylic acids is 2. The van der Waals surface area contributed by atoms with E-state index in [1.165, 1.54) is 6.21 Å². The first-order valence-electron chi connectivity index (χ1n) is 9.31. The third-order valence-electron chi connectivity index (χ3n) is 4.30. The summed E-state index contributed by atoms with van der Waals surface area (Å²) in [4.78, 5) is 23.7. The first-order chi connectivity index (χ1) is 14.1. The van der Waals surface area contributed by atoms with Crippen LogP contribution >= 0.6 is 15.9 Å². The zero-order chi connectivity index (χ0) is 20.5. The fourth-order valence-electron chi connectivity index (χ4n) is 2.79. The van der Waals surface area contributed by atoms with Crippen LogP contribution in [0.2, 0.25) is 0 Å². The Hall–Kier alpha value is -2.71. The minimum Gasteiger partial charge on any atom is -0.488 e. The first-order valence-corrected chi connectivity index (χ1v) is 10.1. The van der Waals surface area contributed by atoms with Gasteiger partial charge in [0.25, 0.3) is 0 Å². The maximum absolute atomic E-state index is 11.9. The van der Waals surface area contributed by atoms with E-state index in [0.717, 1.165) is 22.9 Å². The molecule has 0 bridgehead atoms. The molecule has 1 aliphatic rings. The number of rotatable bonds is 7. The van der Waals surface area contributed by atoms with Gasteiger partial charge in [-0.15, -0.1) is 0 Å². The number of hydrazone groups is 1. The largest absolute Gasteiger partial charge is 0.488 e. The highest BCUT2D eigenvalue weighted by atomic mass is 79.9. The molecule has 29 heavy (non-hydrogen) atoms. The molecule has 2 amide bonds. The van der Waals surface area contributed by atoms with E-state index < -0.39 is 11.8 Å². The van der Waals surface area contributed by atoms with Crippen LogP contribution in [0.4, 0.5) is 0 Å². The maximum atomic E-state index is 11.9. The van der Waals surface area contributed by atoms with E-state index >= 15 is 0 Å². The monoisotopic (exact) mass is 459 g/mol. The average Bonchev–Trinajstić information content (AvgIpc) is 3.26. The Morgan fingerprint density at radius 3 is 2.79 bits per heavy atom. The van der Waals surface area contributed by atoms with E-state index in [1.807, 2.05) is 48.5 Å². The summed E-state index contributed by atoms with van der Waals surface area (Å²) in [6.45, 7) is 1.42. The fraction of sp³-hybridized carbons (Fsp3) is 0.286. The highest BCUT2D eigenvalue weighted by Gasteiger charge is 2.19. The number of carbonyl (C=O) groups is 2. The maximum Gasteiger partial charge on any atom is 0.329 e. The Kier molecular flexibility index (Phi) is 7.77. The summed E-state index contributed by atoms with van der Waals surface area (Å²) in [5.74, 6) is -0.966. The van der Waals surface area contributed by atoms with Crippen molar-refractivity contribution in [3.05, 3.63) is 64.1 Å². The van der Waals surface area contributed by atoms with E-state index in [-0.39, 0.29) is 6.10 Å². The molecule has 2 aromatic carbocycles. The number of ether oxygens (including phenoxy) is 2. The third kappa shape index (κ3) is 6.69. The summed E-state index contributed by atoms with van der Waals surface area (Å²) >= 11 is 3.41. The van der Waals surface area contributed by atoms with E-state index in [1.54, 1.807) is 0 Å². The molecule has 7 nitrogen and oxygen atoms in total. The molecule has 2 N–H and O–H groups in total. The van der Waals surface area contributed by atoms with Gasteiger partial charge in [0.1, 0.15) is 12.4 Å². The van der Waals surface area contributed by atoms with E-state index in [2.05, 4.69) is 31.8 Å². The van der Waals surface area contributed by atoms with Crippen molar-refractivity contribution in [2.24, 2.45) is 5.10 Å². The minimum absolute atomic E-state index is 0.0266. The zero-order valence-electron chi connectivity index (χ0n) is 15.8. The van der Waals surface area contributed by atoms with Gasteiger partial charge < -0.3 is 14.8 Å². The van der Waals surface area contributed by atoms with Gasteiger partial charge in [-0.05, 0) is 36.6 Å². The van der Waals surface area contributed by atoms with Crippen molar-refractivity contribution in [2.75, 3.05) is 13.2 Å². The van der Waals surface area contributed by atoms with Crippen molar-refractivity contribution < 1.29 is 19.1 Å². The Labute approximate surface area is 177 Å². The average molecular weight is 460 g/mol. The van der Waals surface area contributed by atoms with Gasteiger partial charge in [-0.1, -0.05) is 46.3 Å². The Morgan fingerprint density at radius 2 is 2.03 bits per heavy atom. The third-order valence-corrected chi connectivity index (χ3v) is 4.79. The van der Waals surface area contributed by atoms with Crippen LogP contribution in [0, 0.1) is 0 Å². The molecule has 0 aliphatic carbocycles. The molecule has 2 aromatic rings. The van der Waals surface area contributed by atoms with Crippen LogP contribution in [0.25, 0.3) is 0 Å². The number of amides is 2. The summed E-state index contributed by atoms with van der Waals surface area (Å²) in [6, 6.07) is 15.3. The number of nitrogens with zero attached hydrogens (tertiary/aromatic N) is 1. The van der Waals surface area contributed by atoms with Gasteiger partial charge >= 0.3 is 11.8 Å². The Bertz CT molecular complexity index is 867. The van der Waals surface area contributed by atoms with Crippen molar-refractivity contribution >= 4 is 34.0 Å². The number of hydrogen-bond donors (Lipinski definition) is 2. The van der Waals surface area contributed by atoms with E-state index in [0.29, 0.717) is 31.1 Å². The molecule has 152 valence electrons. The molecule has 0 unspecified atom stereocenters. The summed E-state index contributed by atoms with van der Waals surface area (Å²) < 4.78 is 12.1. The standard InChI is InChI=1S/C21H22BrN3O4/c22-17-8-9-19(29-14-15-5-2-1-3-6-15)16(11-17)12-24-25-21(27)20(26)23-13-18-7-4-10-28-18/h1-3,5-6,8-9,11-12,18H,4,7,10,13-14H2,(H,23,26)(H,25,27)/b24-12-/t18-/m0/s1. The lowest BCUT2D eigenvalue weighted by atomic mass is 10.2. The molecule has 1 heterocycles. The first kappa shape index (κ1) is 21.0. The number of nitrogens with one attached hydrogen (secondary N) is 2. The van der Waals surface area contributed by atoms with Gasteiger partial charge in [0.2, 0.25) is 0 Å². The van der Waals surface area contributed by atoms with Gasteiger partial charge in [-0.2, -0.15) is 5.10 Å². The molecule has 1 fully saturated rings. The minimum atomic E-state index is -0.832. The predicted octanol–water partition coefficient (Wildman–Crippen LogP) is 2.77. The van der Waals surface area contributed by atoms with Crippen molar-refractivity contribution in [2.45, 2.75) is 25.6 Å². The second-order valence-corrected chi connectivity index (χ2v) is 7.42. The molecule has 1 saturated heterocycles. The topological polar surface area (TPSA) is 89.0 Å².